The minimum atomic E-state index is -0.212. The van der Waals surface area contributed by atoms with E-state index in [-0.39, 0.29) is 11.9 Å². The minimum Gasteiger partial charge on any atom is -0.342 e. The Bertz CT molecular complexity index is 884. The lowest BCUT2D eigenvalue weighted by atomic mass is 9.98. The zero-order chi connectivity index (χ0) is 18.2. The van der Waals surface area contributed by atoms with Gasteiger partial charge in [-0.05, 0) is 34.9 Å². The summed E-state index contributed by atoms with van der Waals surface area (Å²) >= 11 is 0. The van der Waals surface area contributed by atoms with Gasteiger partial charge in [0.05, 0.1) is 17.7 Å². The third-order valence-electron chi connectivity index (χ3n) is 4.02. The number of nitrogens with zero attached hydrogens (tertiary/aromatic N) is 1. The summed E-state index contributed by atoms with van der Waals surface area (Å²) < 4.78 is 0. The maximum atomic E-state index is 12.4. The Hall–Kier alpha value is -3.64. The van der Waals surface area contributed by atoms with Crippen LogP contribution in [0.3, 0.4) is 0 Å². The first-order chi connectivity index (χ1) is 12.8. The molecule has 3 heteroatoms. The summed E-state index contributed by atoms with van der Waals surface area (Å²) in [7, 11) is 0. The average Bonchev–Trinajstić information content (AvgIpc) is 2.72. The van der Waals surface area contributed by atoms with E-state index in [1.807, 2.05) is 72.8 Å². The Morgan fingerprint density at radius 3 is 1.88 bits per heavy atom. The highest BCUT2D eigenvalue weighted by atomic mass is 16.1. The lowest BCUT2D eigenvalue weighted by Gasteiger charge is -2.19. The van der Waals surface area contributed by atoms with Crippen molar-refractivity contribution in [2.75, 3.05) is 0 Å². The Morgan fingerprint density at radius 2 is 1.38 bits per heavy atom. The van der Waals surface area contributed by atoms with Crippen molar-refractivity contribution in [3.8, 4) is 6.07 Å². The number of benzene rings is 3. The number of nitriles is 1. The van der Waals surface area contributed by atoms with Gasteiger partial charge < -0.3 is 5.32 Å². The summed E-state index contributed by atoms with van der Waals surface area (Å²) in [5.41, 5.74) is 3.52. The Morgan fingerprint density at radius 1 is 0.846 bits per heavy atom. The Balaban J connectivity index is 1.77. The molecule has 0 aliphatic carbocycles. The second kappa shape index (κ2) is 8.46. The van der Waals surface area contributed by atoms with Crippen LogP contribution in [0.25, 0.3) is 6.08 Å². The van der Waals surface area contributed by atoms with Crippen molar-refractivity contribution >= 4 is 12.0 Å². The van der Waals surface area contributed by atoms with Gasteiger partial charge in [-0.15, -0.1) is 0 Å². The third kappa shape index (κ3) is 4.46. The molecule has 0 radical (unpaired) electrons. The zero-order valence-electron chi connectivity index (χ0n) is 14.2. The third-order valence-corrected chi connectivity index (χ3v) is 4.02. The molecule has 0 spiro atoms. The van der Waals surface area contributed by atoms with Gasteiger partial charge in [-0.25, -0.2) is 0 Å². The van der Waals surface area contributed by atoms with E-state index < -0.39 is 0 Å². The van der Waals surface area contributed by atoms with Gasteiger partial charge in [-0.2, -0.15) is 5.26 Å². The lowest BCUT2D eigenvalue weighted by molar-refractivity contribution is -0.116. The molecule has 0 bridgehead atoms. The van der Waals surface area contributed by atoms with Gasteiger partial charge in [0.1, 0.15) is 0 Å². The molecule has 126 valence electrons. The number of amides is 1. The van der Waals surface area contributed by atoms with E-state index in [0.717, 1.165) is 16.7 Å². The second-order valence-corrected chi connectivity index (χ2v) is 5.83. The monoisotopic (exact) mass is 338 g/mol. The van der Waals surface area contributed by atoms with E-state index in [1.54, 1.807) is 18.2 Å². The SMILES string of the molecule is N#Cc1ccc(/C=C/C(=O)NC(c2ccccc2)c2ccccc2)cc1. The van der Waals surface area contributed by atoms with Gasteiger partial charge in [0, 0.05) is 6.08 Å². The molecule has 0 aromatic heterocycles. The van der Waals surface area contributed by atoms with Crippen LogP contribution in [0.15, 0.2) is 91.0 Å². The number of nitrogens with one attached hydrogen (secondary N) is 1. The molecule has 3 rings (SSSR count). The van der Waals surface area contributed by atoms with E-state index in [4.69, 9.17) is 5.26 Å². The van der Waals surface area contributed by atoms with Crippen LogP contribution >= 0.6 is 0 Å². The Labute approximate surface area is 153 Å². The van der Waals surface area contributed by atoms with Crippen LogP contribution < -0.4 is 5.32 Å². The summed E-state index contributed by atoms with van der Waals surface area (Å²) in [6, 6.07) is 28.7. The van der Waals surface area contributed by atoms with Crippen LogP contribution in [0, 0.1) is 11.3 Å². The predicted molar refractivity (Wildman–Crippen MR) is 103 cm³/mol. The van der Waals surface area contributed by atoms with E-state index >= 15 is 0 Å². The molecule has 3 nitrogen and oxygen atoms in total. The molecule has 1 N–H and O–H groups in total. The van der Waals surface area contributed by atoms with Crippen LogP contribution in [0.2, 0.25) is 0 Å². The standard InChI is InChI=1S/C23H18N2O/c24-17-19-13-11-18(12-14-19)15-16-22(26)25-23(20-7-3-1-4-8-20)21-9-5-2-6-10-21/h1-16,23H,(H,25,26)/b16-15+. The van der Waals surface area contributed by atoms with E-state index in [0.29, 0.717) is 5.56 Å². The lowest BCUT2D eigenvalue weighted by Crippen LogP contribution is -2.27. The molecule has 0 aliphatic heterocycles. The topological polar surface area (TPSA) is 52.9 Å². The van der Waals surface area contributed by atoms with Gasteiger partial charge in [0.2, 0.25) is 5.91 Å². The molecule has 0 atom stereocenters. The summed E-state index contributed by atoms with van der Waals surface area (Å²) in [6.07, 6.45) is 3.25. The van der Waals surface area contributed by atoms with Crippen molar-refractivity contribution in [3.63, 3.8) is 0 Å². The second-order valence-electron chi connectivity index (χ2n) is 5.83. The van der Waals surface area contributed by atoms with Crippen LogP contribution in [0.5, 0.6) is 0 Å². The van der Waals surface area contributed by atoms with E-state index in [9.17, 15) is 4.79 Å². The fourth-order valence-electron chi connectivity index (χ4n) is 2.68. The summed E-state index contributed by atoms with van der Waals surface area (Å²) in [4.78, 5) is 12.4. The first kappa shape index (κ1) is 17.2. The minimum absolute atomic E-state index is 0.174. The summed E-state index contributed by atoms with van der Waals surface area (Å²) in [5.74, 6) is -0.174. The molecule has 0 fully saturated rings. The van der Waals surface area contributed by atoms with Crippen LogP contribution in [0.1, 0.15) is 28.3 Å². The highest BCUT2D eigenvalue weighted by molar-refractivity contribution is 5.92. The molecule has 3 aromatic rings. The van der Waals surface area contributed by atoms with Crippen LogP contribution in [0.4, 0.5) is 0 Å². The molecule has 3 aromatic carbocycles. The van der Waals surface area contributed by atoms with Crippen molar-refractivity contribution < 1.29 is 4.79 Å². The zero-order valence-corrected chi connectivity index (χ0v) is 14.2. The van der Waals surface area contributed by atoms with Crippen molar-refractivity contribution in [1.82, 2.24) is 5.32 Å². The number of carbonyl (C=O) groups is 1. The van der Waals surface area contributed by atoms with Crippen molar-refractivity contribution in [3.05, 3.63) is 113 Å². The summed E-state index contributed by atoms with van der Waals surface area (Å²) in [5, 5.41) is 11.9. The maximum Gasteiger partial charge on any atom is 0.244 e. The number of hydrogen-bond donors (Lipinski definition) is 1. The van der Waals surface area contributed by atoms with E-state index in [2.05, 4.69) is 11.4 Å². The fourth-order valence-corrected chi connectivity index (χ4v) is 2.68. The van der Waals surface area contributed by atoms with Gasteiger partial charge in [-0.1, -0.05) is 72.8 Å². The predicted octanol–water partition coefficient (Wildman–Crippen LogP) is 4.48. The maximum absolute atomic E-state index is 12.4. The van der Waals surface area contributed by atoms with Gasteiger partial charge in [-0.3, -0.25) is 4.79 Å². The van der Waals surface area contributed by atoms with Gasteiger partial charge >= 0.3 is 0 Å². The first-order valence-electron chi connectivity index (χ1n) is 8.35. The average molecular weight is 338 g/mol. The molecule has 0 heterocycles. The molecule has 0 aliphatic rings. The Kier molecular flexibility index (Phi) is 5.59. The molecule has 0 saturated heterocycles. The fraction of sp³-hybridized carbons (Fsp3) is 0.0435. The molecular weight excluding hydrogens is 320 g/mol. The smallest absolute Gasteiger partial charge is 0.244 e. The largest absolute Gasteiger partial charge is 0.342 e. The molecule has 26 heavy (non-hydrogen) atoms. The van der Waals surface area contributed by atoms with Crippen LogP contribution in [-0.2, 0) is 4.79 Å². The van der Waals surface area contributed by atoms with Crippen molar-refractivity contribution in [1.29, 1.82) is 5.26 Å². The first-order valence-corrected chi connectivity index (χ1v) is 8.35. The summed E-state index contributed by atoms with van der Waals surface area (Å²) in [6.45, 7) is 0. The van der Waals surface area contributed by atoms with Gasteiger partial charge in [0.25, 0.3) is 0 Å². The molecule has 1 amide bonds. The number of rotatable bonds is 5. The quantitative estimate of drug-likeness (QED) is 0.698. The van der Waals surface area contributed by atoms with Crippen molar-refractivity contribution in [2.45, 2.75) is 6.04 Å². The van der Waals surface area contributed by atoms with Gasteiger partial charge in [0.15, 0.2) is 0 Å². The highest BCUT2D eigenvalue weighted by Gasteiger charge is 2.15. The van der Waals surface area contributed by atoms with Crippen molar-refractivity contribution in [2.24, 2.45) is 0 Å². The molecular formula is C23H18N2O. The normalized spacial score (nSPS) is 10.6. The molecule has 0 saturated carbocycles. The number of hydrogen-bond acceptors (Lipinski definition) is 2. The number of carbonyl (C=O) groups excluding carboxylic acids is 1. The highest BCUT2D eigenvalue weighted by Crippen LogP contribution is 2.21. The molecule has 0 unspecified atom stereocenters. The van der Waals surface area contributed by atoms with E-state index in [1.165, 1.54) is 6.08 Å². The van der Waals surface area contributed by atoms with Crippen LogP contribution in [-0.4, -0.2) is 5.91 Å².